The number of hydrogen-bond donors (Lipinski definition) is 0. The Kier molecular flexibility index (Phi) is 8.09. The summed E-state index contributed by atoms with van der Waals surface area (Å²) in [6, 6.07) is 46.7. The number of fused-ring (bicyclic) bond motifs is 7. The van der Waals surface area contributed by atoms with Crippen LogP contribution in [0.5, 0.6) is 11.6 Å². The standard InChI is InChI=1S/C46H34N5O2.Pt/c1-46(2,3)30-20-22-47-43(25-30)51-37-19-16-29(33-11-9-15-42-45(33)35-10-5-8-14-41(35)53-42)24-36(37)34-18-17-32(27-40(34)51)52-44-26-31(21-23-48-44)50-28-49(4)38-12-6-7-13-39(38)50;/h5-25,28H,1-4H3;/q-3;. The Morgan fingerprint density at radius 1 is 0.722 bits per heavy atom. The molecule has 0 saturated heterocycles. The van der Waals surface area contributed by atoms with Crippen LogP contribution in [0.4, 0.5) is 17.1 Å². The molecule has 8 heteroatoms. The van der Waals surface area contributed by atoms with Crippen molar-refractivity contribution in [2.45, 2.75) is 26.2 Å². The quantitative estimate of drug-likeness (QED) is 0.161. The van der Waals surface area contributed by atoms with E-state index in [4.69, 9.17) is 14.1 Å². The van der Waals surface area contributed by atoms with E-state index in [0.717, 1.165) is 77.8 Å². The fraction of sp³-hybridized carbons (Fsp3) is 0.109. The van der Waals surface area contributed by atoms with Crippen molar-refractivity contribution in [3.8, 4) is 28.6 Å². The van der Waals surface area contributed by atoms with Crippen LogP contribution in [-0.2, 0) is 26.5 Å². The average molecular weight is 884 g/mol. The normalized spacial score (nSPS) is 12.9. The predicted octanol–water partition coefficient (Wildman–Crippen LogP) is 11.5. The van der Waals surface area contributed by atoms with Crippen LogP contribution in [0.15, 0.2) is 132 Å². The van der Waals surface area contributed by atoms with Gasteiger partial charge in [0, 0.05) is 60.7 Å². The Hall–Kier alpha value is -5.91. The molecule has 54 heavy (non-hydrogen) atoms. The Balaban J connectivity index is 0.00000384. The van der Waals surface area contributed by atoms with Gasteiger partial charge in [-0.1, -0.05) is 80.9 Å². The summed E-state index contributed by atoms with van der Waals surface area (Å²) in [7, 11) is 2.04. The van der Waals surface area contributed by atoms with Crippen molar-refractivity contribution in [3.05, 3.63) is 152 Å². The van der Waals surface area contributed by atoms with E-state index in [1.54, 1.807) is 6.20 Å². The van der Waals surface area contributed by atoms with Gasteiger partial charge < -0.3 is 23.5 Å². The first-order valence-corrected chi connectivity index (χ1v) is 17.7. The van der Waals surface area contributed by atoms with Gasteiger partial charge in [-0.3, -0.25) is 4.98 Å². The number of hydrogen-bond acceptors (Lipinski definition) is 6. The van der Waals surface area contributed by atoms with E-state index in [2.05, 4.69) is 125 Å². The summed E-state index contributed by atoms with van der Waals surface area (Å²) < 4.78 is 14.8. The van der Waals surface area contributed by atoms with Gasteiger partial charge in [-0.25, -0.2) is 4.98 Å². The molecule has 5 heterocycles. The smallest absolute Gasteiger partial charge is 0.136 e. The maximum atomic E-state index is 6.42. The van der Waals surface area contributed by atoms with Crippen molar-refractivity contribution in [3.63, 3.8) is 0 Å². The fourth-order valence-electron chi connectivity index (χ4n) is 7.52. The number of para-hydroxylation sites is 3. The summed E-state index contributed by atoms with van der Waals surface area (Å²) in [5, 5.41) is 4.35. The molecule has 1 aliphatic rings. The van der Waals surface area contributed by atoms with Crippen molar-refractivity contribution in [1.29, 1.82) is 0 Å². The van der Waals surface area contributed by atoms with Crippen LogP contribution in [0.25, 0.3) is 60.7 Å². The number of rotatable bonds is 5. The van der Waals surface area contributed by atoms with Gasteiger partial charge in [0.25, 0.3) is 0 Å². The molecular formula is C46H34N5O2Pt-3. The number of furan rings is 1. The van der Waals surface area contributed by atoms with Crippen LogP contribution in [0.2, 0.25) is 0 Å². The maximum absolute atomic E-state index is 6.42. The van der Waals surface area contributed by atoms with Gasteiger partial charge >= 0.3 is 0 Å². The van der Waals surface area contributed by atoms with E-state index in [9.17, 15) is 0 Å². The van der Waals surface area contributed by atoms with Gasteiger partial charge in [0.1, 0.15) is 22.9 Å². The van der Waals surface area contributed by atoms with Gasteiger partial charge in [-0.05, 0) is 83.2 Å². The first-order chi connectivity index (χ1) is 25.8. The summed E-state index contributed by atoms with van der Waals surface area (Å²) in [6.45, 7) is 8.70. The first-order valence-electron chi connectivity index (χ1n) is 17.7. The van der Waals surface area contributed by atoms with Crippen LogP contribution in [0, 0.1) is 18.8 Å². The Morgan fingerprint density at radius 2 is 1.52 bits per heavy atom. The third kappa shape index (κ3) is 5.54. The Bertz CT molecular complexity index is 2890. The molecule has 0 atom stereocenters. The molecular weight excluding hydrogens is 850 g/mol. The van der Waals surface area contributed by atoms with Crippen molar-refractivity contribution < 1.29 is 30.2 Å². The van der Waals surface area contributed by atoms with Crippen LogP contribution in [0.1, 0.15) is 26.3 Å². The summed E-state index contributed by atoms with van der Waals surface area (Å²) in [5.41, 5.74) is 10.0. The number of aromatic nitrogens is 3. The Labute approximate surface area is 327 Å². The molecule has 0 bridgehead atoms. The molecule has 268 valence electrons. The number of pyridine rings is 2. The monoisotopic (exact) mass is 883 g/mol. The molecule has 5 aromatic carbocycles. The summed E-state index contributed by atoms with van der Waals surface area (Å²) >= 11 is 0. The molecule has 0 spiro atoms. The molecule has 0 unspecified atom stereocenters. The number of nitrogens with zero attached hydrogens (tertiary/aromatic N) is 5. The third-order valence-electron chi connectivity index (χ3n) is 10.1. The Morgan fingerprint density at radius 3 is 2.39 bits per heavy atom. The second-order valence-corrected chi connectivity index (χ2v) is 14.5. The minimum absolute atomic E-state index is 0. The largest absolute Gasteiger partial charge is 0.504 e. The van der Waals surface area contributed by atoms with Gasteiger partial charge in [-0.15, -0.1) is 17.5 Å². The summed E-state index contributed by atoms with van der Waals surface area (Å²) in [4.78, 5) is 13.6. The molecule has 9 aromatic rings. The molecule has 0 aliphatic carbocycles. The van der Waals surface area contributed by atoms with E-state index in [0.29, 0.717) is 11.6 Å². The predicted molar refractivity (Wildman–Crippen MR) is 213 cm³/mol. The topological polar surface area (TPSA) is 59.6 Å². The number of ether oxygens (including phenoxy) is 1. The molecule has 1 aliphatic heterocycles. The van der Waals surface area contributed by atoms with Crippen LogP contribution in [-0.4, -0.2) is 21.6 Å². The third-order valence-corrected chi connectivity index (χ3v) is 10.1. The van der Waals surface area contributed by atoms with Crippen molar-refractivity contribution in [2.75, 3.05) is 16.8 Å². The zero-order valence-electron chi connectivity index (χ0n) is 30.1. The van der Waals surface area contributed by atoms with Gasteiger partial charge in [0.2, 0.25) is 0 Å². The average Bonchev–Trinajstić information content (AvgIpc) is 3.83. The van der Waals surface area contributed by atoms with E-state index in [-0.39, 0.29) is 26.5 Å². The molecule has 4 aromatic heterocycles. The molecule has 7 nitrogen and oxygen atoms in total. The second kappa shape index (κ2) is 12.9. The fourth-order valence-corrected chi connectivity index (χ4v) is 7.52. The second-order valence-electron chi connectivity index (χ2n) is 14.5. The maximum Gasteiger partial charge on any atom is 0.136 e. The van der Waals surface area contributed by atoms with Crippen molar-refractivity contribution in [1.82, 2.24) is 14.5 Å². The summed E-state index contributed by atoms with van der Waals surface area (Å²) in [5.74, 6) is 1.71. The van der Waals surface area contributed by atoms with Crippen molar-refractivity contribution >= 4 is 60.8 Å². The minimum atomic E-state index is -0.0533. The molecule has 0 amide bonds. The molecule has 10 rings (SSSR count). The van der Waals surface area contributed by atoms with E-state index < -0.39 is 0 Å². The van der Waals surface area contributed by atoms with E-state index in [1.807, 2.05) is 62.4 Å². The van der Waals surface area contributed by atoms with Crippen LogP contribution < -0.4 is 14.5 Å². The SMILES string of the molecule is CN1[CH-]N(c2[c-]c(Oc3[c-]c4c(cc3)c3cc(-c5cccc6oc7ccccc7c56)ccc3n4-c3cc(C(C)(C)C)ccn3)ncc2)c2ccccc21.[Pt]. The number of benzene rings is 5. The minimum Gasteiger partial charge on any atom is -0.504 e. The van der Waals surface area contributed by atoms with E-state index in [1.165, 1.54) is 5.56 Å². The van der Waals surface area contributed by atoms with Crippen LogP contribution >= 0.6 is 0 Å². The van der Waals surface area contributed by atoms with Crippen molar-refractivity contribution in [2.24, 2.45) is 0 Å². The number of anilines is 3. The van der Waals surface area contributed by atoms with Gasteiger partial charge in [0.05, 0.1) is 0 Å². The van der Waals surface area contributed by atoms with Gasteiger partial charge in [-0.2, -0.15) is 30.6 Å². The molecule has 0 fully saturated rings. The van der Waals surface area contributed by atoms with Gasteiger partial charge in [0.15, 0.2) is 0 Å². The summed E-state index contributed by atoms with van der Waals surface area (Å²) in [6.07, 6.45) is 3.64. The molecule has 0 radical (unpaired) electrons. The molecule has 0 saturated carbocycles. The molecule has 0 N–H and O–H groups in total. The zero-order chi connectivity index (χ0) is 35.8. The van der Waals surface area contributed by atoms with E-state index >= 15 is 0 Å². The zero-order valence-corrected chi connectivity index (χ0v) is 32.3. The first kappa shape index (κ1) is 33.9. The van der Waals surface area contributed by atoms with Crippen LogP contribution in [0.3, 0.4) is 0 Å².